The number of halogens is 3. The Morgan fingerprint density at radius 3 is 2.38 bits per heavy atom. The number of carbonyl (C=O) groups excluding carboxylic acids is 2. The minimum absolute atomic E-state index is 0.0834. The van der Waals surface area contributed by atoms with Gasteiger partial charge in [-0.1, -0.05) is 48.0 Å². The first kappa shape index (κ1) is 46.8. The van der Waals surface area contributed by atoms with Crippen molar-refractivity contribution in [3.63, 3.8) is 0 Å². The molecule has 61 heavy (non-hydrogen) atoms. The summed E-state index contributed by atoms with van der Waals surface area (Å²) in [7, 11) is 1.63. The molecule has 1 unspecified atom stereocenters. The van der Waals surface area contributed by atoms with E-state index in [0.29, 0.717) is 19.1 Å². The fourth-order valence-electron chi connectivity index (χ4n) is 8.10. The van der Waals surface area contributed by atoms with Crippen molar-refractivity contribution < 1.29 is 18.4 Å². The van der Waals surface area contributed by atoms with Crippen LogP contribution in [0.4, 0.5) is 26.0 Å². The molecule has 0 bridgehead atoms. The van der Waals surface area contributed by atoms with Gasteiger partial charge >= 0.3 is 0 Å². The third kappa shape index (κ3) is 12.6. The summed E-state index contributed by atoms with van der Waals surface area (Å²) in [5, 5.41) is 10.7. The van der Waals surface area contributed by atoms with Crippen molar-refractivity contribution in [3.8, 4) is 0 Å². The van der Waals surface area contributed by atoms with Crippen molar-refractivity contribution in [2.45, 2.75) is 71.3 Å². The molecule has 2 amide bonds. The highest BCUT2D eigenvalue weighted by Gasteiger charge is 2.32. The van der Waals surface area contributed by atoms with Gasteiger partial charge in [0.15, 0.2) is 0 Å². The van der Waals surface area contributed by atoms with Gasteiger partial charge in [-0.15, -0.1) is 0 Å². The maximum absolute atomic E-state index is 14.3. The predicted molar refractivity (Wildman–Crippen MR) is 244 cm³/mol. The number of aromatic nitrogens is 1. The largest absolute Gasteiger partial charge is 0.397 e. The van der Waals surface area contributed by atoms with E-state index < -0.39 is 17.1 Å². The lowest BCUT2D eigenvalue weighted by atomic mass is 9.94. The Labute approximate surface area is 365 Å². The molecular weight excluding hydrogens is 796 g/mol. The van der Waals surface area contributed by atoms with E-state index in [0.717, 1.165) is 49.4 Å². The smallest absolute Gasteiger partial charge is 0.254 e. The van der Waals surface area contributed by atoms with E-state index in [1.165, 1.54) is 79.3 Å². The Kier molecular flexibility index (Phi) is 17.3. The van der Waals surface area contributed by atoms with E-state index >= 15 is 0 Å². The molecule has 6 N–H and O–H groups in total. The Hall–Kier alpha value is -5.27. The van der Waals surface area contributed by atoms with E-state index in [9.17, 15) is 18.4 Å². The second-order valence-corrected chi connectivity index (χ2v) is 16.8. The molecule has 0 radical (unpaired) electrons. The third-order valence-electron chi connectivity index (χ3n) is 11.5. The Morgan fingerprint density at radius 2 is 1.74 bits per heavy atom. The maximum Gasteiger partial charge on any atom is 0.254 e. The van der Waals surface area contributed by atoms with Gasteiger partial charge in [0.25, 0.3) is 5.91 Å². The SMILES string of the molecule is CN(CCN)C(=O)CCNC(=O)/C(C=N)=C(/N)C1=C(F)C(C)(C)C=C1.Clc1ccccc1.Fc1cccc(N2CCCC(N3CCCc4c(N5CCCCC5)ccnc43)C2)c1. The first-order valence-electron chi connectivity index (χ1n) is 21.4. The third-order valence-corrected chi connectivity index (χ3v) is 11.8. The molecule has 11 nitrogen and oxygen atoms in total. The Morgan fingerprint density at radius 1 is 1.00 bits per heavy atom. The van der Waals surface area contributed by atoms with Gasteiger partial charge in [0.1, 0.15) is 17.5 Å². The van der Waals surface area contributed by atoms with Crippen LogP contribution in [0.5, 0.6) is 0 Å². The quantitative estimate of drug-likeness (QED) is 0.114. The van der Waals surface area contributed by atoms with Crippen molar-refractivity contribution in [2.75, 3.05) is 74.1 Å². The summed E-state index contributed by atoms with van der Waals surface area (Å²) in [6.07, 6.45) is 14.6. The van der Waals surface area contributed by atoms with Crippen molar-refractivity contribution >= 4 is 46.8 Å². The Balaban J connectivity index is 0.000000201. The average molecular weight is 859 g/mol. The molecule has 2 fully saturated rings. The average Bonchev–Trinajstić information content (AvgIpc) is 3.55. The molecule has 0 saturated carbocycles. The minimum atomic E-state index is -0.788. The van der Waals surface area contributed by atoms with Crippen LogP contribution in [0.3, 0.4) is 0 Å². The molecule has 2 aromatic carbocycles. The summed E-state index contributed by atoms with van der Waals surface area (Å²) in [5.74, 6) is -0.185. The monoisotopic (exact) mass is 857 g/mol. The van der Waals surface area contributed by atoms with Crippen LogP contribution in [-0.2, 0) is 16.0 Å². The standard InChI is InChI=1S/C24H31FN4.C17H26FN5O2.C6H5Cl/c25-19-7-4-8-20(17-19)28-15-5-9-21(18-28)29-16-6-10-22-23(11-12-26-24(22)29)27-13-2-1-3-14-27;1-17(2)6-4-11(15(17)18)14(21)12(10-20)16(25)22-8-5-13(24)23(3)9-7-19;7-6-4-2-1-3-5-6/h4,7-8,11-12,17,21H,1-3,5-6,9-10,13-16,18H2;4,6,10,20H,5,7-9,19,21H2,1-3H3,(H,22,25);1-5H/b;14-12+,20-10?;. The molecule has 0 spiro atoms. The normalized spacial score (nSPS) is 18.5. The lowest BCUT2D eigenvalue weighted by Crippen LogP contribution is -2.50. The van der Waals surface area contributed by atoms with Crippen molar-refractivity contribution in [1.82, 2.24) is 15.2 Å². The maximum atomic E-state index is 14.3. The highest BCUT2D eigenvalue weighted by atomic mass is 35.5. The summed E-state index contributed by atoms with van der Waals surface area (Å²) in [4.78, 5) is 37.8. The summed E-state index contributed by atoms with van der Waals surface area (Å²) in [6.45, 7) is 9.61. The molecule has 328 valence electrons. The minimum Gasteiger partial charge on any atom is -0.397 e. The summed E-state index contributed by atoms with van der Waals surface area (Å²) in [5.41, 5.74) is 14.2. The number of nitrogens with zero attached hydrogens (tertiary/aromatic N) is 5. The number of hydrogen-bond donors (Lipinski definition) is 4. The number of pyridine rings is 1. The number of anilines is 3. The number of rotatable bonds is 11. The fraction of sp³-hybridized carbons (Fsp3) is 0.447. The number of allylic oxidation sites excluding steroid dienone is 3. The number of nitrogens with one attached hydrogen (secondary N) is 2. The van der Waals surface area contributed by atoms with Crippen LogP contribution < -0.4 is 31.5 Å². The molecule has 1 aliphatic carbocycles. The molecule has 7 rings (SSSR count). The molecular formula is C47H62ClF2N9O2. The van der Waals surface area contributed by atoms with Gasteiger partial charge in [-0.25, -0.2) is 13.8 Å². The number of carbonyl (C=O) groups is 2. The van der Waals surface area contributed by atoms with Crippen LogP contribution in [0.15, 0.2) is 102 Å². The van der Waals surface area contributed by atoms with Crippen molar-refractivity contribution in [3.05, 3.63) is 118 Å². The number of piperidine rings is 2. The predicted octanol–water partition coefficient (Wildman–Crippen LogP) is 7.56. The molecule has 14 heteroatoms. The molecule has 3 aromatic rings. The van der Waals surface area contributed by atoms with Gasteiger partial charge in [-0.2, -0.15) is 0 Å². The number of fused-ring (bicyclic) bond motifs is 1. The lowest BCUT2D eigenvalue weighted by Gasteiger charge is -2.44. The van der Waals surface area contributed by atoms with Crippen LogP contribution >= 0.6 is 11.6 Å². The van der Waals surface area contributed by atoms with E-state index in [1.807, 2.05) is 48.7 Å². The molecule has 1 atom stereocenters. The molecule has 4 heterocycles. The first-order chi connectivity index (χ1) is 29.3. The lowest BCUT2D eigenvalue weighted by molar-refractivity contribution is -0.129. The van der Waals surface area contributed by atoms with Crippen LogP contribution in [-0.4, -0.2) is 93.4 Å². The highest BCUT2D eigenvalue weighted by Crippen LogP contribution is 2.40. The van der Waals surface area contributed by atoms with Crippen LogP contribution in [0.2, 0.25) is 5.02 Å². The second-order valence-electron chi connectivity index (χ2n) is 16.4. The number of nitrogens with two attached hydrogens (primary N) is 2. The number of hydrogen-bond acceptors (Lipinski definition) is 9. The highest BCUT2D eigenvalue weighted by molar-refractivity contribution is 6.30. The van der Waals surface area contributed by atoms with Crippen LogP contribution in [0.25, 0.3) is 0 Å². The van der Waals surface area contributed by atoms with Crippen LogP contribution in [0, 0.1) is 16.6 Å². The zero-order valence-corrected chi connectivity index (χ0v) is 36.6. The molecule has 3 aliphatic heterocycles. The first-order valence-corrected chi connectivity index (χ1v) is 21.7. The second kappa shape index (κ2) is 22.5. The zero-order valence-electron chi connectivity index (χ0n) is 35.8. The van der Waals surface area contributed by atoms with Gasteiger partial charge in [0, 0.05) is 117 Å². The van der Waals surface area contributed by atoms with E-state index in [-0.39, 0.29) is 41.5 Å². The summed E-state index contributed by atoms with van der Waals surface area (Å²) in [6, 6.07) is 19.2. The fourth-order valence-corrected chi connectivity index (χ4v) is 8.25. The van der Waals surface area contributed by atoms with E-state index in [2.05, 4.69) is 26.1 Å². The Bertz CT molecular complexity index is 2050. The van der Waals surface area contributed by atoms with Crippen molar-refractivity contribution in [2.24, 2.45) is 16.9 Å². The number of amides is 2. The van der Waals surface area contributed by atoms with E-state index in [4.69, 9.17) is 33.5 Å². The summed E-state index contributed by atoms with van der Waals surface area (Å²) >= 11 is 5.54. The molecule has 4 aliphatic rings. The van der Waals surface area contributed by atoms with E-state index in [1.54, 1.807) is 33.0 Å². The molecule has 1 aromatic heterocycles. The number of benzene rings is 2. The topological polar surface area (TPSA) is 148 Å². The molecule has 2 saturated heterocycles. The van der Waals surface area contributed by atoms with Gasteiger partial charge < -0.3 is 41.8 Å². The van der Waals surface area contributed by atoms with Gasteiger partial charge in [-0.05, 0) is 95.2 Å². The van der Waals surface area contributed by atoms with Gasteiger partial charge in [0.05, 0.1) is 11.3 Å². The zero-order chi connectivity index (χ0) is 43.9. The van der Waals surface area contributed by atoms with Gasteiger partial charge in [-0.3, -0.25) is 9.59 Å². The summed E-state index contributed by atoms with van der Waals surface area (Å²) < 4.78 is 28.1. The van der Waals surface area contributed by atoms with Gasteiger partial charge in [0.2, 0.25) is 5.91 Å². The van der Waals surface area contributed by atoms with Crippen LogP contribution in [0.1, 0.15) is 64.4 Å². The van der Waals surface area contributed by atoms with Crippen molar-refractivity contribution in [1.29, 1.82) is 5.41 Å². The number of likely N-dealkylation sites (N-methyl/N-ethyl adjacent to an activating group) is 1.